The average molecular weight is 491 g/mol. The van der Waals surface area contributed by atoms with Crippen LogP contribution in [0.2, 0.25) is 0 Å². The number of imide groups is 1. The largest absolute Gasteiger partial charge is 0.274 e. The van der Waals surface area contributed by atoms with Crippen LogP contribution in [-0.4, -0.2) is 16.7 Å². The van der Waals surface area contributed by atoms with Crippen molar-refractivity contribution in [2.75, 3.05) is 4.90 Å². The molecule has 0 aromatic heterocycles. The molecule has 1 saturated heterocycles. The lowest BCUT2D eigenvalue weighted by molar-refractivity contribution is -0.384. The molecule has 6 nitrogen and oxygen atoms in total. The summed E-state index contributed by atoms with van der Waals surface area (Å²) in [4.78, 5) is 39.7. The Morgan fingerprint density at radius 2 is 1.24 bits per heavy atom. The topological polar surface area (TPSA) is 80.5 Å². The van der Waals surface area contributed by atoms with Gasteiger partial charge >= 0.3 is 0 Å². The number of nitro groups is 1. The summed E-state index contributed by atoms with van der Waals surface area (Å²) in [6, 6.07) is 21.1. The fraction of sp³-hybridized carbons (Fsp3) is 0.226. The summed E-state index contributed by atoms with van der Waals surface area (Å²) >= 11 is 0. The van der Waals surface area contributed by atoms with Gasteiger partial charge in [0.2, 0.25) is 11.8 Å². The Balaban J connectivity index is 1.48. The van der Waals surface area contributed by atoms with Crippen molar-refractivity contribution in [1.29, 1.82) is 0 Å². The summed E-state index contributed by atoms with van der Waals surface area (Å²) in [5.74, 6) is -1.98. The van der Waals surface area contributed by atoms with Crippen LogP contribution < -0.4 is 4.90 Å². The maximum atomic E-state index is 13.8. The maximum absolute atomic E-state index is 13.8. The first kappa shape index (κ1) is 23.1. The number of aryl methyl sites for hydroxylation is 3. The van der Waals surface area contributed by atoms with Crippen molar-refractivity contribution in [3.8, 4) is 0 Å². The van der Waals surface area contributed by atoms with E-state index in [1.54, 1.807) is 13.0 Å². The number of amides is 2. The van der Waals surface area contributed by atoms with E-state index in [0.717, 1.165) is 33.4 Å². The highest BCUT2D eigenvalue weighted by molar-refractivity contribution is 6.24. The van der Waals surface area contributed by atoms with Crippen LogP contribution in [0.25, 0.3) is 5.57 Å². The van der Waals surface area contributed by atoms with E-state index in [-0.39, 0.29) is 29.3 Å². The number of carbonyl (C=O) groups excluding carboxylic acids is 2. The fourth-order valence-electron chi connectivity index (χ4n) is 6.23. The van der Waals surface area contributed by atoms with Gasteiger partial charge in [-0.25, -0.2) is 4.90 Å². The van der Waals surface area contributed by atoms with Gasteiger partial charge in [0.15, 0.2) is 0 Å². The van der Waals surface area contributed by atoms with Crippen LogP contribution in [0.3, 0.4) is 0 Å². The molecular formula is C31H26N2O4. The summed E-state index contributed by atoms with van der Waals surface area (Å²) in [7, 11) is 0. The number of non-ortho nitro benzene ring substituents is 1. The maximum Gasteiger partial charge on any atom is 0.271 e. The molecule has 2 aliphatic carbocycles. The first-order valence-corrected chi connectivity index (χ1v) is 12.5. The van der Waals surface area contributed by atoms with Gasteiger partial charge in [0.05, 0.1) is 22.4 Å². The van der Waals surface area contributed by atoms with E-state index in [1.807, 2.05) is 0 Å². The number of rotatable bonds is 4. The molecule has 2 fully saturated rings. The van der Waals surface area contributed by atoms with E-state index < -0.39 is 16.8 Å². The van der Waals surface area contributed by atoms with E-state index >= 15 is 0 Å². The highest BCUT2D eigenvalue weighted by atomic mass is 16.6. The van der Waals surface area contributed by atoms with Crippen LogP contribution in [0.1, 0.15) is 27.8 Å². The zero-order valence-corrected chi connectivity index (χ0v) is 20.8. The van der Waals surface area contributed by atoms with Crippen molar-refractivity contribution in [1.82, 2.24) is 0 Å². The van der Waals surface area contributed by atoms with Gasteiger partial charge in [0.25, 0.3) is 5.69 Å². The zero-order chi connectivity index (χ0) is 26.0. The van der Waals surface area contributed by atoms with Crippen molar-refractivity contribution >= 4 is 28.8 Å². The van der Waals surface area contributed by atoms with Crippen molar-refractivity contribution in [2.45, 2.75) is 20.8 Å². The number of allylic oxidation sites excluding steroid dienone is 3. The van der Waals surface area contributed by atoms with Gasteiger partial charge in [-0.15, -0.1) is 0 Å². The van der Waals surface area contributed by atoms with Crippen molar-refractivity contribution in [3.63, 3.8) is 0 Å². The first-order valence-electron chi connectivity index (χ1n) is 12.5. The lowest BCUT2D eigenvalue weighted by Crippen LogP contribution is -2.34. The molecule has 6 rings (SSSR count). The van der Waals surface area contributed by atoms with Crippen LogP contribution in [0, 0.1) is 54.6 Å². The van der Waals surface area contributed by atoms with Crippen LogP contribution >= 0.6 is 0 Å². The van der Waals surface area contributed by atoms with Crippen LogP contribution in [0.15, 0.2) is 84.5 Å². The van der Waals surface area contributed by atoms with Gasteiger partial charge < -0.3 is 0 Å². The van der Waals surface area contributed by atoms with Crippen molar-refractivity contribution < 1.29 is 14.5 Å². The summed E-state index contributed by atoms with van der Waals surface area (Å²) in [5, 5.41) is 11.4. The number of hydrogen-bond donors (Lipinski definition) is 0. The monoisotopic (exact) mass is 490 g/mol. The van der Waals surface area contributed by atoms with E-state index in [0.29, 0.717) is 11.3 Å². The summed E-state index contributed by atoms with van der Waals surface area (Å²) < 4.78 is 0. The molecule has 0 spiro atoms. The molecule has 4 atom stereocenters. The molecule has 3 aliphatic rings. The predicted octanol–water partition coefficient (Wildman–Crippen LogP) is 5.94. The number of nitro benzene ring substituents is 1. The Bertz CT molecular complexity index is 1450. The number of hydrogen-bond acceptors (Lipinski definition) is 4. The van der Waals surface area contributed by atoms with Crippen molar-refractivity contribution in [3.05, 3.63) is 122 Å². The van der Waals surface area contributed by atoms with Crippen LogP contribution in [0.4, 0.5) is 11.4 Å². The Morgan fingerprint density at radius 1 is 0.757 bits per heavy atom. The lowest BCUT2D eigenvalue weighted by atomic mass is 9.85. The number of nitrogens with zero attached hydrogens (tertiary/aromatic N) is 2. The number of benzene rings is 3. The molecule has 3 aromatic rings. The smallest absolute Gasteiger partial charge is 0.271 e. The first-order chi connectivity index (χ1) is 17.8. The molecule has 3 aromatic carbocycles. The zero-order valence-electron chi connectivity index (χ0n) is 20.8. The van der Waals surface area contributed by atoms with E-state index in [9.17, 15) is 19.7 Å². The van der Waals surface area contributed by atoms with Crippen LogP contribution in [-0.2, 0) is 9.59 Å². The second kappa shape index (κ2) is 8.37. The molecule has 1 saturated carbocycles. The third-order valence-electron chi connectivity index (χ3n) is 8.03. The van der Waals surface area contributed by atoms with Crippen molar-refractivity contribution in [2.24, 2.45) is 23.7 Å². The SMILES string of the molecule is Cc1ccc(C(=C2[C@H]3C=C[C@H]2[C@H]2C(=O)N(c4cc([N+](=O)[O-])ccc4C)C(=O)[C@@H]23)c2ccc(C)cc2)cc1. The normalized spacial score (nSPS) is 23.6. The second-order valence-corrected chi connectivity index (χ2v) is 10.3. The third kappa shape index (κ3) is 3.47. The summed E-state index contributed by atoms with van der Waals surface area (Å²) in [6.07, 6.45) is 4.14. The minimum absolute atomic E-state index is 0.138. The summed E-state index contributed by atoms with van der Waals surface area (Å²) in [6.45, 7) is 5.86. The average Bonchev–Trinajstić information content (AvgIpc) is 3.51. The Hall–Kier alpha value is -4.32. The van der Waals surface area contributed by atoms with Gasteiger partial charge in [-0.1, -0.05) is 77.9 Å². The molecule has 6 heteroatoms. The van der Waals surface area contributed by atoms with E-state index in [1.165, 1.54) is 17.0 Å². The van der Waals surface area contributed by atoms with Gasteiger partial charge in [-0.05, 0) is 48.6 Å². The molecular weight excluding hydrogens is 464 g/mol. The fourth-order valence-corrected chi connectivity index (χ4v) is 6.23. The highest BCUT2D eigenvalue weighted by Crippen LogP contribution is 2.59. The van der Waals surface area contributed by atoms with Crippen LogP contribution in [0.5, 0.6) is 0 Å². The second-order valence-electron chi connectivity index (χ2n) is 10.3. The third-order valence-corrected chi connectivity index (χ3v) is 8.03. The molecule has 1 aliphatic heterocycles. The molecule has 0 unspecified atom stereocenters. The number of carbonyl (C=O) groups is 2. The minimum atomic E-state index is -0.512. The Labute approximate surface area is 215 Å². The molecule has 2 amide bonds. The molecule has 2 bridgehead atoms. The Kier molecular flexibility index (Phi) is 5.23. The number of anilines is 1. The minimum Gasteiger partial charge on any atom is -0.274 e. The van der Waals surface area contributed by atoms with Gasteiger partial charge in [-0.3, -0.25) is 19.7 Å². The van der Waals surface area contributed by atoms with Gasteiger partial charge in [0.1, 0.15) is 0 Å². The molecule has 37 heavy (non-hydrogen) atoms. The lowest BCUT2D eigenvalue weighted by Gasteiger charge is -2.22. The molecule has 0 radical (unpaired) electrons. The van der Waals surface area contributed by atoms with Gasteiger partial charge in [0, 0.05) is 24.0 Å². The predicted molar refractivity (Wildman–Crippen MR) is 142 cm³/mol. The van der Waals surface area contributed by atoms with E-state index in [2.05, 4.69) is 74.5 Å². The number of fused-ring (bicyclic) bond motifs is 5. The standard InChI is InChI=1S/C31H26N2O4/c1-17-4-9-20(10-5-17)26(21-11-6-18(2)7-12-21)27-23-14-15-24(27)29-28(23)30(34)32(31(29)35)25-16-22(33(36)37)13-8-19(25)3/h4-16,23-24,28-29H,1-3H3/t23-,24-,28-,29-/m1/s1. The highest BCUT2D eigenvalue weighted by Gasteiger charge is 2.62. The quantitative estimate of drug-likeness (QED) is 0.196. The molecule has 184 valence electrons. The Morgan fingerprint density at radius 3 is 1.70 bits per heavy atom. The van der Waals surface area contributed by atoms with Gasteiger partial charge in [-0.2, -0.15) is 0 Å². The molecule has 1 heterocycles. The summed E-state index contributed by atoms with van der Waals surface area (Å²) in [5.41, 5.74) is 7.46. The molecule has 0 N–H and O–H groups in total. The van der Waals surface area contributed by atoms with E-state index in [4.69, 9.17) is 0 Å².